The Bertz CT molecular complexity index is 478. The number of aliphatic hydroxyl groups is 1. The monoisotopic (exact) mass is 283 g/mol. The SMILES string of the molecule is CC(C)(C)OC(=O)Nc1cc(Cl)ccc1/C=C/CO. The van der Waals surface area contributed by atoms with Gasteiger partial charge < -0.3 is 9.84 Å². The van der Waals surface area contributed by atoms with Crippen LogP contribution in [0.15, 0.2) is 24.3 Å². The fourth-order valence-electron chi connectivity index (χ4n) is 1.38. The van der Waals surface area contributed by atoms with Gasteiger partial charge in [-0.1, -0.05) is 29.8 Å². The molecule has 0 saturated heterocycles. The first-order chi connectivity index (χ1) is 8.81. The molecule has 19 heavy (non-hydrogen) atoms. The summed E-state index contributed by atoms with van der Waals surface area (Å²) in [6.45, 7) is 5.29. The number of amides is 1. The molecule has 0 saturated carbocycles. The molecular formula is C14H18ClNO3. The molecule has 0 atom stereocenters. The van der Waals surface area contributed by atoms with Crippen LogP contribution in [0.25, 0.3) is 6.08 Å². The molecule has 1 amide bonds. The average molecular weight is 284 g/mol. The lowest BCUT2D eigenvalue weighted by Gasteiger charge is -2.20. The van der Waals surface area contributed by atoms with Crippen LogP contribution in [0.2, 0.25) is 5.02 Å². The van der Waals surface area contributed by atoms with Gasteiger partial charge in [0.25, 0.3) is 0 Å². The molecule has 0 radical (unpaired) electrons. The Labute approximate surface area is 118 Å². The Morgan fingerprint density at radius 2 is 2.16 bits per heavy atom. The van der Waals surface area contributed by atoms with Crippen LogP contribution in [0.1, 0.15) is 26.3 Å². The van der Waals surface area contributed by atoms with Gasteiger partial charge in [0.1, 0.15) is 5.60 Å². The number of carbonyl (C=O) groups is 1. The third-order valence-electron chi connectivity index (χ3n) is 2.05. The lowest BCUT2D eigenvalue weighted by molar-refractivity contribution is 0.0636. The molecule has 0 aliphatic heterocycles. The quantitative estimate of drug-likeness (QED) is 0.889. The van der Waals surface area contributed by atoms with Crippen LogP contribution in [0.4, 0.5) is 10.5 Å². The Morgan fingerprint density at radius 1 is 1.47 bits per heavy atom. The number of carbonyl (C=O) groups excluding carboxylic acids is 1. The second-order valence-electron chi connectivity index (χ2n) is 4.94. The molecule has 0 bridgehead atoms. The first-order valence-corrected chi connectivity index (χ1v) is 6.26. The van der Waals surface area contributed by atoms with Crippen molar-refractivity contribution in [2.75, 3.05) is 11.9 Å². The van der Waals surface area contributed by atoms with Gasteiger partial charge in [0.15, 0.2) is 0 Å². The third kappa shape index (κ3) is 5.77. The molecule has 0 fully saturated rings. The maximum absolute atomic E-state index is 11.7. The Balaban J connectivity index is 2.89. The summed E-state index contributed by atoms with van der Waals surface area (Å²) >= 11 is 5.90. The normalized spacial score (nSPS) is 11.6. The molecule has 0 aliphatic rings. The molecule has 104 valence electrons. The molecule has 0 heterocycles. The van der Waals surface area contributed by atoms with Crippen LogP contribution >= 0.6 is 11.6 Å². The highest BCUT2D eigenvalue weighted by Crippen LogP contribution is 2.23. The van der Waals surface area contributed by atoms with E-state index in [1.54, 1.807) is 51.1 Å². The maximum Gasteiger partial charge on any atom is 0.412 e. The van der Waals surface area contributed by atoms with Gasteiger partial charge in [-0.25, -0.2) is 4.79 Å². The van der Waals surface area contributed by atoms with E-state index in [0.717, 1.165) is 5.56 Å². The van der Waals surface area contributed by atoms with Crippen molar-refractivity contribution in [3.63, 3.8) is 0 Å². The lowest BCUT2D eigenvalue weighted by Crippen LogP contribution is -2.27. The van der Waals surface area contributed by atoms with Crippen LogP contribution in [0.5, 0.6) is 0 Å². The molecule has 4 nitrogen and oxygen atoms in total. The van der Waals surface area contributed by atoms with E-state index in [1.807, 2.05) is 0 Å². The van der Waals surface area contributed by atoms with Crippen molar-refractivity contribution in [1.82, 2.24) is 0 Å². The topological polar surface area (TPSA) is 58.6 Å². The first-order valence-electron chi connectivity index (χ1n) is 5.89. The highest BCUT2D eigenvalue weighted by Gasteiger charge is 2.16. The van der Waals surface area contributed by atoms with Crippen LogP contribution in [0.3, 0.4) is 0 Å². The zero-order valence-corrected chi connectivity index (χ0v) is 12.0. The van der Waals surface area contributed by atoms with Crippen LogP contribution in [-0.4, -0.2) is 23.4 Å². The largest absolute Gasteiger partial charge is 0.444 e. The van der Waals surface area contributed by atoms with Crippen LogP contribution in [0, 0.1) is 0 Å². The van der Waals surface area contributed by atoms with Crippen molar-refractivity contribution >= 4 is 29.5 Å². The Kier molecular flexibility index (Phi) is 5.39. The minimum atomic E-state index is -0.566. The van der Waals surface area contributed by atoms with E-state index in [-0.39, 0.29) is 6.61 Å². The summed E-state index contributed by atoms with van der Waals surface area (Å²) < 4.78 is 5.17. The standard InChI is InChI=1S/C14H18ClNO3/c1-14(2,3)19-13(18)16-12-9-11(15)7-6-10(12)5-4-8-17/h4-7,9,17H,8H2,1-3H3,(H,16,18)/b5-4+. The van der Waals surface area contributed by atoms with Crippen LogP contribution < -0.4 is 5.32 Å². The van der Waals surface area contributed by atoms with Gasteiger partial charge in [0, 0.05) is 5.02 Å². The molecule has 1 aromatic rings. The average Bonchev–Trinajstić information content (AvgIpc) is 2.25. The number of aliphatic hydroxyl groups excluding tert-OH is 1. The summed E-state index contributed by atoms with van der Waals surface area (Å²) in [7, 11) is 0. The fraction of sp³-hybridized carbons (Fsp3) is 0.357. The smallest absolute Gasteiger partial charge is 0.412 e. The van der Waals surface area contributed by atoms with Gasteiger partial charge in [-0.3, -0.25) is 5.32 Å². The summed E-state index contributed by atoms with van der Waals surface area (Å²) in [5.74, 6) is 0. The number of hydrogen-bond acceptors (Lipinski definition) is 3. The Morgan fingerprint density at radius 3 is 2.74 bits per heavy atom. The van der Waals surface area contributed by atoms with Crippen LogP contribution in [-0.2, 0) is 4.74 Å². The second-order valence-corrected chi connectivity index (χ2v) is 5.38. The zero-order valence-electron chi connectivity index (χ0n) is 11.2. The zero-order chi connectivity index (χ0) is 14.5. The molecule has 5 heteroatoms. The summed E-state index contributed by atoms with van der Waals surface area (Å²) in [4.78, 5) is 11.7. The molecule has 0 unspecified atom stereocenters. The van der Waals surface area contributed by atoms with E-state index in [0.29, 0.717) is 10.7 Å². The number of anilines is 1. The number of ether oxygens (including phenoxy) is 1. The predicted octanol–water partition coefficient (Wildman–Crippen LogP) is 3.69. The van der Waals surface area contributed by atoms with Crippen molar-refractivity contribution in [3.05, 3.63) is 34.9 Å². The van der Waals surface area contributed by atoms with Crippen molar-refractivity contribution in [1.29, 1.82) is 0 Å². The van der Waals surface area contributed by atoms with Crippen molar-refractivity contribution in [3.8, 4) is 0 Å². The lowest BCUT2D eigenvalue weighted by atomic mass is 10.1. The summed E-state index contributed by atoms with van der Waals surface area (Å²) in [6.07, 6.45) is 2.72. The number of hydrogen-bond donors (Lipinski definition) is 2. The van der Waals surface area contributed by atoms with Gasteiger partial charge in [-0.15, -0.1) is 0 Å². The number of rotatable bonds is 3. The second kappa shape index (κ2) is 6.59. The number of nitrogens with one attached hydrogen (secondary N) is 1. The fourth-order valence-corrected chi connectivity index (χ4v) is 1.55. The third-order valence-corrected chi connectivity index (χ3v) is 2.29. The highest BCUT2D eigenvalue weighted by atomic mass is 35.5. The molecule has 0 spiro atoms. The molecule has 0 aliphatic carbocycles. The molecule has 1 aromatic carbocycles. The van der Waals surface area contributed by atoms with Crippen molar-refractivity contribution in [2.24, 2.45) is 0 Å². The predicted molar refractivity (Wildman–Crippen MR) is 77.4 cm³/mol. The van der Waals surface area contributed by atoms with E-state index in [1.165, 1.54) is 0 Å². The van der Waals surface area contributed by atoms with E-state index in [4.69, 9.17) is 21.4 Å². The van der Waals surface area contributed by atoms with Gasteiger partial charge in [-0.2, -0.15) is 0 Å². The minimum absolute atomic E-state index is 0.0749. The van der Waals surface area contributed by atoms with Gasteiger partial charge >= 0.3 is 6.09 Å². The van der Waals surface area contributed by atoms with E-state index in [2.05, 4.69) is 5.32 Å². The van der Waals surface area contributed by atoms with Crippen molar-refractivity contribution < 1.29 is 14.6 Å². The highest BCUT2D eigenvalue weighted by molar-refractivity contribution is 6.31. The number of benzene rings is 1. The molecule has 2 N–H and O–H groups in total. The molecular weight excluding hydrogens is 266 g/mol. The minimum Gasteiger partial charge on any atom is -0.444 e. The van der Waals surface area contributed by atoms with Crippen molar-refractivity contribution in [2.45, 2.75) is 26.4 Å². The summed E-state index contributed by atoms with van der Waals surface area (Å²) in [6, 6.07) is 5.09. The molecule has 1 rings (SSSR count). The maximum atomic E-state index is 11.7. The molecule has 0 aromatic heterocycles. The van der Waals surface area contributed by atoms with Gasteiger partial charge in [0.05, 0.1) is 12.3 Å². The van der Waals surface area contributed by atoms with E-state index in [9.17, 15) is 4.79 Å². The van der Waals surface area contributed by atoms with E-state index < -0.39 is 11.7 Å². The first kappa shape index (κ1) is 15.5. The van der Waals surface area contributed by atoms with Gasteiger partial charge in [-0.05, 0) is 38.5 Å². The summed E-state index contributed by atoms with van der Waals surface area (Å²) in [5, 5.41) is 11.9. The Hall–Kier alpha value is -1.52. The number of halogens is 1. The van der Waals surface area contributed by atoms with Gasteiger partial charge in [0.2, 0.25) is 0 Å². The van der Waals surface area contributed by atoms with E-state index >= 15 is 0 Å². The summed E-state index contributed by atoms with van der Waals surface area (Å²) in [5.41, 5.74) is 0.708.